The van der Waals surface area contributed by atoms with Gasteiger partial charge in [0.25, 0.3) is 0 Å². The molecule has 2 aromatic rings. The summed E-state index contributed by atoms with van der Waals surface area (Å²) in [4.78, 5) is 12.2. The molecule has 1 atom stereocenters. The van der Waals surface area contributed by atoms with Gasteiger partial charge in [0.1, 0.15) is 11.3 Å². The number of hydrogen-bond donors (Lipinski definition) is 0. The molecule has 0 spiro atoms. The second kappa shape index (κ2) is 4.74. The summed E-state index contributed by atoms with van der Waals surface area (Å²) in [6.45, 7) is 0.817. The van der Waals surface area contributed by atoms with E-state index in [2.05, 4.69) is 6.07 Å². The number of benzene rings is 1. The maximum Gasteiger partial charge on any atom is 0.163 e. The maximum absolute atomic E-state index is 12.2. The van der Waals surface area contributed by atoms with E-state index in [1.54, 1.807) is 0 Å². The first-order chi connectivity index (χ1) is 9.81. The zero-order valence-corrected chi connectivity index (χ0v) is 11.5. The predicted molar refractivity (Wildman–Crippen MR) is 76.2 cm³/mol. The number of carbonyl (C=O) groups is 1. The predicted octanol–water partition coefficient (Wildman–Crippen LogP) is 3.67. The Morgan fingerprint density at radius 2 is 2.10 bits per heavy atom. The summed E-state index contributed by atoms with van der Waals surface area (Å²) in [7, 11) is 0. The fourth-order valence-corrected chi connectivity index (χ4v) is 3.11. The molecule has 0 amide bonds. The average molecular weight is 270 g/mol. The average Bonchev–Trinajstić information content (AvgIpc) is 3.23. The molecule has 104 valence electrons. The van der Waals surface area contributed by atoms with Gasteiger partial charge in [-0.25, -0.2) is 0 Å². The molecule has 1 unspecified atom stereocenters. The molecule has 0 N–H and O–H groups in total. The highest BCUT2D eigenvalue weighted by atomic mass is 16.6. The number of ether oxygens (including phenoxy) is 1. The Morgan fingerprint density at radius 1 is 1.25 bits per heavy atom. The lowest BCUT2D eigenvalue weighted by Crippen LogP contribution is -2.01. The first-order valence-corrected chi connectivity index (χ1v) is 7.50. The normalized spacial score (nSPS) is 20.9. The van der Waals surface area contributed by atoms with Gasteiger partial charge < -0.3 is 9.15 Å². The molecule has 4 rings (SSSR count). The monoisotopic (exact) mass is 270 g/mol. The van der Waals surface area contributed by atoms with Crippen LogP contribution >= 0.6 is 0 Å². The molecule has 0 bridgehead atoms. The van der Waals surface area contributed by atoms with Gasteiger partial charge in [0.15, 0.2) is 5.78 Å². The fourth-order valence-electron chi connectivity index (χ4n) is 3.11. The van der Waals surface area contributed by atoms with E-state index in [0.29, 0.717) is 12.5 Å². The van der Waals surface area contributed by atoms with Crippen molar-refractivity contribution in [3.8, 4) is 0 Å². The van der Waals surface area contributed by atoms with Crippen LogP contribution in [0.5, 0.6) is 0 Å². The van der Waals surface area contributed by atoms with E-state index in [4.69, 9.17) is 9.15 Å². The highest BCUT2D eigenvalue weighted by molar-refractivity contribution is 5.99. The quantitative estimate of drug-likeness (QED) is 0.629. The molecule has 2 aliphatic rings. The van der Waals surface area contributed by atoms with Crippen molar-refractivity contribution in [1.82, 2.24) is 0 Å². The number of furan rings is 1. The van der Waals surface area contributed by atoms with Crippen LogP contribution in [0.1, 0.15) is 47.4 Å². The molecule has 1 aliphatic heterocycles. The third kappa shape index (κ3) is 2.16. The van der Waals surface area contributed by atoms with Crippen molar-refractivity contribution in [1.29, 1.82) is 0 Å². The van der Waals surface area contributed by atoms with E-state index in [9.17, 15) is 4.79 Å². The highest BCUT2D eigenvalue weighted by Crippen LogP contribution is 2.32. The number of carbonyl (C=O) groups excluding carboxylic acids is 1. The van der Waals surface area contributed by atoms with E-state index in [-0.39, 0.29) is 5.78 Å². The van der Waals surface area contributed by atoms with Crippen molar-refractivity contribution in [2.75, 3.05) is 6.61 Å². The van der Waals surface area contributed by atoms with Crippen LogP contribution in [0.2, 0.25) is 0 Å². The number of aryl methyl sites for hydroxylation is 2. The van der Waals surface area contributed by atoms with Gasteiger partial charge in [0, 0.05) is 29.4 Å². The molecule has 3 heteroatoms. The van der Waals surface area contributed by atoms with Crippen molar-refractivity contribution in [2.24, 2.45) is 0 Å². The lowest BCUT2D eigenvalue weighted by molar-refractivity contribution is 0.0976. The van der Waals surface area contributed by atoms with Crippen LogP contribution in [0.3, 0.4) is 0 Å². The molecular formula is C17H18O3. The summed E-state index contributed by atoms with van der Waals surface area (Å²) in [6, 6.07) is 5.93. The van der Waals surface area contributed by atoms with Gasteiger partial charge in [0.05, 0.1) is 12.7 Å². The summed E-state index contributed by atoms with van der Waals surface area (Å²) < 4.78 is 11.1. The molecular weight excluding hydrogens is 252 g/mol. The van der Waals surface area contributed by atoms with E-state index in [0.717, 1.165) is 42.8 Å². The summed E-state index contributed by atoms with van der Waals surface area (Å²) in [6.07, 6.45) is 6.31. The fraction of sp³-hybridized carbons (Fsp3) is 0.471. The van der Waals surface area contributed by atoms with Crippen molar-refractivity contribution in [2.45, 2.75) is 44.6 Å². The summed E-state index contributed by atoms with van der Waals surface area (Å²) in [5, 5.41) is 1.20. The molecule has 20 heavy (non-hydrogen) atoms. The van der Waals surface area contributed by atoms with Gasteiger partial charge in [-0.05, 0) is 31.7 Å². The van der Waals surface area contributed by atoms with Crippen molar-refractivity contribution >= 4 is 16.8 Å². The summed E-state index contributed by atoms with van der Waals surface area (Å²) in [5.74, 6) is 1.32. The third-order valence-electron chi connectivity index (χ3n) is 4.37. The number of rotatable bonds is 4. The minimum atomic E-state index is 0.191. The molecule has 0 saturated carbocycles. The van der Waals surface area contributed by atoms with Crippen molar-refractivity contribution in [3.63, 3.8) is 0 Å². The Hall–Kier alpha value is -1.61. The van der Waals surface area contributed by atoms with Gasteiger partial charge in [-0.3, -0.25) is 4.79 Å². The Balaban J connectivity index is 1.62. The van der Waals surface area contributed by atoms with Gasteiger partial charge in [-0.1, -0.05) is 12.1 Å². The molecule has 2 heterocycles. The van der Waals surface area contributed by atoms with Gasteiger partial charge in [-0.15, -0.1) is 0 Å². The molecule has 1 fully saturated rings. The lowest BCUT2D eigenvalue weighted by atomic mass is 9.95. The topological polar surface area (TPSA) is 42.7 Å². The zero-order chi connectivity index (χ0) is 13.5. The molecule has 1 aromatic carbocycles. The Kier molecular flexibility index (Phi) is 2.88. The van der Waals surface area contributed by atoms with Crippen LogP contribution in [0.25, 0.3) is 11.0 Å². The zero-order valence-electron chi connectivity index (χ0n) is 11.5. The number of hydrogen-bond acceptors (Lipinski definition) is 3. The highest BCUT2D eigenvalue weighted by Gasteiger charge is 2.24. The van der Waals surface area contributed by atoms with Crippen LogP contribution in [-0.4, -0.2) is 18.5 Å². The number of ketones is 1. The van der Waals surface area contributed by atoms with Crippen molar-refractivity contribution in [3.05, 3.63) is 35.1 Å². The molecule has 0 radical (unpaired) electrons. The standard InChI is InChI=1S/C17H18O3/c18-15(8-6-12-10-19-12)11-5-7-14-13-3-1-2-4-16(13)20-17(14)9-11/h5,7,9,12H,1-4,6,8,10H2. The van der Waals surface area contributed by atoms with E-state index >= 15 is 0 Å². The minimum Gasteiger partial charge on any atom is -0.461 e. The van der Waals surface area contributed by atoms with Crippen LogP contribution in [0, 0.1) is 0 Å². The SMILES string of the molecule is O=C(CCC1CO1)c1ccc2c3c(oc2c1)CCCC3. The van der Waals surface area contributed by atoms with E-state index in [1.165, 1.54) is 23.8 Å². The lowest BCUT2D eigenvalue weighted by Gasteiger charge is -2.08. The Labute approximate surface area is 117 Å². The first kappa shape index (κ1) is 12.2. The number of fused-ring (bicyclic) bond motifs is 3. The molecule has 3 nitrogen and oxygen atoms in total. The smallest absolute Gasteiger partial charge is 0.163 e. The second-order valence-electron chi connectivity index (χ2n) is 5.84. The Morgan fingerprint density at radius 3 is 2.95 bits per heavy atom. The van der Waals surface area contributed by atoms with E-state index in [1.807, 2.05) is 12.1 Å². The van der Waals surface area contributed by atoms with Gasteiger partial charge in [-0.2, -0.15) is 0 Å². The number of Topliss-reactive ketones (excluding diaryl/α,β-unsaturated/α-hetero) is 1. The van der Waals surface area contributed by atoms with E-state index < -0.39 is 0 Å². The van der Waals surface area contributed by atoms with Crippen LogP contribution in [-0.2, 0) is 17.6 Å². The second-order valence-corrected chi connectivity index (χ2v) is 5.84. The van der Waals surface area contributed by atoms with Crippen molar-refractivity contribution < 1.29 is 13.9 Å². The Bertz CT molecular complexity index is 664. The van der Waals surface area contributed by atoms with Crippen LogP contribution in [0.15, 0.2) is 22.6 Å². The molecule has 1 saturated heterocycles. The first-order valence-electron chi connectivity index (χ1n) is 7.50. The summed E-state index contributed by atoms with van der Waals surface area (Å²) >= 11 is 0. The van der Waals surface area contributed by atoms with Gasteiger partial charge in [0.2, 0.25) is 0 Å². The van der Waals surface area contributed by atoms with Gasteiger partial charge >= 0.3 is 0 Å². The maximum atomic E-state index is 12.2. The third-order valence-corrected chi connectivity index (χ3v) is 4.37. The number of epoxide rings is 1. The molecule has 1 aromatic heterocycles. The van der Waals surface area contributed by atoms with Crippen LogP contribution < -0.4 is 0 Å². The largest absolute Gasteiger partial charge is 0.461 e. The summed E-state index contributed by atoms with van der Waals surface area (Å²) in [5.41, 5.74) is 3.01. The van der Waals surface area contributed by atoms with Crippen LogP contribution in [0.4, 0.5) is 0 Å². The molecule has 1 aliphatic carbocycles. The minimum absolute atomic E-state index is 0.191.